The van der Waals surface area contributed by atoms with E-state index in [4.69, 9.17) is 0 Å². The van der Waals surface area contributed by atoms with Crippen molar-refractivity contribution in [3.63, 3.8) is 0 Å². The normalized spacial score (nSPS) is 38.6. The van der Waals surface area contributed by atoms with Crippen LogP contribution < -0.4 is 0 Å². The molecule has 1 fully saturated rings. The van der Waals surface area contributed by atoms with Gasteiger partial charge in [-0.05, 0) is 43.4 Å². The van der Waals surface area contributed by atoms with Crippen LogP contribution in [0.25, 0.3) is 0 Å². The van der Waals surface area contributed by atoms with Crippen molar-refractivity contribution in [2.45, 2.75) is 39.0 Å². The van der Waals surface area contributed by atoms with Gasteiger partial charge in [-0.15, -0.1) is 0 Å². The van der Waals surface area contributed by atoms with Crippen molar-refractivity contribution in [1.29, 1.82) is 0 Å². The standard InChI is InChI=1S/C11H17/c1-9-3-2-4-10-5-7-11(9)8-6-10/h5,7,10-11H,2-4,6,8H2,1H3. The highest BCUT2D eigenvalue weighted by atomic mass is 14.3. The van der Waals surface area contributed by atoms with Gasteiger partial charge in [-0.3, -0.25) is 0 Å². The second kappa shape index (κ2) is 3.00. The molecule has 61 valence electrons. The maximum absolute atomic E-state index is 2.46. The number of allylic oxidation sites excluding steroid dienone is 2. The monoisotopic (exact) mass is 149 g/mol. The quantitative estimate of drug-likeness (QED) is 0.463. The first-order chi connectivity index (χ1) is 5.36. The number of fused-ring (bicyclic) bond motifs is 4. The minimum Gasteiger partial charge on any atom is -0.0851 e. The van der Waals surface area contributed by atoms with Crippen LogP contribution in [0.3, 0.4) is 0 Å². The van der Waals surface area contributed by atoms with E-state index in [1.165, 1.54) is 32.1 Å². The van der Waals surface area contributed by atoms with E-state index < -0.39 is 0 Å². The summed E-state index contributed by atoms with van der Waals surface area (Å²) >= 11 is 0. The van der Waals surface area contributed by atoms with E-state index in [1.54, 1.807) is 5.92 Å². The Morgan fingerprint density at radius 1 is 1.18 bits per heavy atom. The van der Waals surface area contributed by atoms with Crippen LogP contribution in [-0.2, 0) is 0 Å². The Morgan fingerprint density at radius 2 is 2.09 bits per heavy atom. The minimum absolute atomic E-state index is 0.839. The number of hydrogen-bond acceptors (Lipinski definition) is 0. The van der Waals surface area contributed by atoms with Gasteiger partial charge in [0, 0.05) is 0 Å². The summed E-state index contributed by atoms with van der Waals surface area (Å²) in [7, 11) is 0. The van der Waals surface area contributed by atoms with Crippen LogP contribution in [0, 0.1) is 17.8 Å². The predicted octanol–water partition coefficient (Wildman–Crippen LogP) is 3.35. The first kappa shape index (κ1) is 7.39. The smallest absolute Gasteiger partial charge is 0.0174 e. The number of rotatable bonds is 0. The van der Waals surface area contributed by atoms with Crippen molar-refractivity contribution < 1.29 is 0 Å². The van der Waals surface area contributed by atoms with Crippen molar-refractivity contribution in [3.05, 3.63) is 18.1 Å². The Kier molecular flexibility index (Phi) is 2.02. The zero-order chi connectivity index (χ0) is 7.68. The zero-order valence-corrected chi connectivity index (χ0v) is 7.34. The van der Waals surface area contributed by atoms with Gasteiger partial charge >= 0.3 is 0 Å². The second-order valence-electron chi connectivity index (χ2n) is 4.07. The van der Waals surface area contributed by atoms with Crippen LogP contribution in [0.2, 0.25) is 0 Å². The summed E-state index contributed by atoms with van der Waals surface area (Å²) in [4.78, 5) is 0. The van der Waals surface area contributed by atoms with Crippen LogP contribution in [0.4, 0.5) is 0 Å². The second-order valence-corrected chi connectivity index (χ2v) is 4.07. The first-order valence-electron chi connectivity index (χ1n) is 4.87. The topological polar surface area (TPSA) is 0 Å². The highest BCUT2D eigenvalue weighted by molar-refractivity contribution is 5.10. The van der Waals surface area contributed by atoms with Gasteiger partial charge in [0.15, 0.2) is 0 Å². The van der Waals surface area contributed by atoms with Gasteiger partial charge < -0.3 is 0 Å². The van der Waals surface area contributed by atoms with E-state index in [2.05, 4.69) is 19.1 Å². The fourth-order valence-corrected chi connectivity index (χ4v) is 2.36. The van der Waals surface area contributed by atoms with Gasteiger partial charge in [0.2, 0.25) is 0 Å². The molecule has 2 unspecified atom stereocenters. The van der Waals surface area contributed by atoms with Crippen LogP contribution in [0.15, 0.2) is 12.2 Å². The lowest BCUT2D eigenvalue weighted by Gasteiger charge is -2.30. The molecule has 0 saturated heterocycles. The van der Waals surface area contributed by atoms with Gasteiger partial charge in [-0.25, -0.2) is 0 Å². The molecule has 0 aromatic carbocycles. The molecule has 0 spiro atoms. The van der Waals surface area contributed by atoms with Crippen molar-refractivity contribution in [2.24, 2.45) is 11.8 Å². The summed E-state index contributed by atoms with van der Waals surface area (Å²) in [5.74, 6) is 3.49. The molecule has 1 radical (unpaired) electrons. The van der Waals surface area contributed by atoms with E-state index >= 15 is 0 Å². The van der Waals surface area contributed by atoms with Crippen LogP contribution in [0.5, 0.6) is 0 Å². The summed E-state index contributed by atoms with van der Waals surface area (Å²) in [6, 6.07) is 0. The Bertz CT molecular complexity index is 157. The molecule has 1 saturated carbocycles. The predicted molar refractivity (Wildman–Crippen MR) is 48.1 cm³/mol. The molecule has 3 aliphatic carbocycles. The fraction of sp³-hybridized carbons (Fsp3) is 0.727. The summed E-state index contributed by atoms with van der Waals surface area (Å²) in [6.07, 6.45) is 12.0. The van der Waals surface area contributed by atoms with Crippen LogP contribution >= 0.6 is 0 Å². The third-order valence-corrected chi connectivity index (χ3v) is 3.24. The van der Waals surface area contributed by atoms with E-state index in [-0.39, 0.29) is 0 Å². The molecule has 0 aromatic heterocycles. The minimum atomic E-state index is 0.839. The van der Waals surface area contributed by atoms with Crippen molar-refractivity contribution in [2.75, 3.05) is 0 Å². The molecular formula is C11H17. The van der Waals surface area contributed by atoms with E-state index in [0.29, 0.717) is 0 Å². The maximum Gasteiger partial charge on any atom is -0.0174 e. The molecule has 2 atom stereocenters. The van der Waals surface area contributed by atoms with Crippen molar-refractivity contribution in [1.82, 2.24) is 0 Å². The molecule has 3 rings (SSSR count). The van der Waals surface area contributed by atoms with Gasteiger partial charge in [-0.1, -0.05) is 25.5 Å². The molecule has 0 heteroatoms. The zero-order valence-electron chi connectivity index (χ0n) is 7.34. The fourth-order valence-electron chi connectivity index (χ4n) is 2.36. The molecular weight excluding hydrogens is 132 g/mol. The van der Waals surface area contributed by atoms with Gasteiger partial charge in [0.05, 0.1) is 0 Å². The van der Waals surface area contributed by atoms with Gasteiger partial charge in [0.25, 0.3) is 0 Å². The molecule has 2 bridgehead atoms. The largest absolute Gasteiger partial charge is 0.0851 e. The Morgan fingerprint density at radius 3 is 2.82 bits per heavy atom. The maximum atomic E-state index is 2.46. The average Bonchev–Trinajstić information content (AvgIpc) is 2.01. The summed E-state index contributed by atoms with van der Waals surface area (Å²) in [6.45, 7) is 2.33. The Balaban J connectivity index is 2.12. The van der Waals surface area contributed by atoms with Crippen LogP contribution in [-0.4, -0.2) is 0 Å². The third kappa shape index (κ3) is 1.50. The van der Waals surface area contributed by atoms with E-state index in [0.717, 1.165) is 11.8 Å². The lowest BCUT2D eigenvalue weighted by molar-refractivity contribution is 0.385. The molecule has 0 aliphatic heterocycles. The Hall–Kier alpha value is -0.260. The lowest BCUT2D eigenvalue weighted by Crippen LogP contribution is -2.17. The van der Waals surface area contributed by atoms with Gasteiger partial charge in [-0.2, -0.15) is 0 Å². The average molecular weight is 149 g/mol. The first-order valence-corrected chi connectivity index (χ1v) is 4.87. The molecule has 0 aromatic rings. The molecule has 3 aliphatic rings. The lowest BCUT2D eigenvalue weighted by atomic mass is 9.75. The molecule has 0 N–H and O–H groups in total. The van der Waals surface area contributed by atoms with Crippen molar-refractivity contribution in [3.8, 4) is 0 Å². The Labute approximate surface area is 69.7 Å². The third-order valence-electron chi connectivity index (χ3n) is 3.24. The summed E-state index contributed by atoms with van der Waals surface area (Å²) < 4.78 is 0. The molecule has 0 heterocycles. The number of hydrogen-bond donors (Lipinski definition) is 0. The van der Waals surface area contributed by atoms with E-state index in [9.17, 15) is 0 Å². The van der Waals surface area contributed by atoms with Gasteiger partial charge in [0.1, 0.15) is 0 Å². The van der Waals surface area contributed by atoms with Crippen LogP contribution in [0.1, 0.15) is 39.0 Å². The SMILES string of the molecule is C[C]1CCCC2C=CC1CC2. The molecule has 11 heavy (non-hydrogen) atoms. The summed E-state index contributed by atoms with van der Waals surface area (Å²) in [5, 5.41) is 0. The van der Waals surface area contributed by atoms with E-state index in [1.807, 2.05) is 0 Å². The molecule has 0 amide bonds. The molecule has 0 nitrogen and oxygen atoms in total. The highest BCUT2D eigenvalue weighted by Gasteiger charge is 2.23. The van der Waals surface area contributed by atoms with Crippen molar-refractivity contribution >= 4 is 0 Å². The summed E-state index contributed by atoms with van der Waals surface area (Å²) in [5.41, 5.74) is 0. The highest BCUT2D eigenvalue weighted by Crippen LogP contribution is 2.36.